The molecule has 0 N–H and O–H groups in total. The Labute approximate surface area is 133 Å². The fraction of sp³-hybridized carbons (Fsp3) is 0.267. The van der Waals surface area contributed by atoms with E-state index < -0.39 is 18.4 Å². The van der Waals surface area contributed by atoms with Gasteiger partial charge in [-0.05, 0) is 18.1 Å². The molecule has 0 aliphatic carbocycles. The predicted molar refractivity (Wildman–Crippen MR) is 78.7 cm³/mol. The van der Waals surface area contributed by atoms with Gasteiger partial charge in [0.15, 0.2) is 6.10 Å². The summed E-state index contributed by atoms with van der Waals surface area (Å²) in [5.41, 5.74) is 3.06. The maximum atomic E-state index is 13.4. The highest BCUT2D eigenvalue weighted by molar-refractivity contribution is 7.07. The maximum absolute atomic E-state index is 13.4. The average Bonchev–Trinajstić information content (AvgIpc) is 3.24. The van der Waals surface area contributed by atoms with Crippen LogP contribution in [0.5, 0.6) is 5.75 Å². The first-order chi connectivity index (χ1) is 11.2. The van der Waals surface area contributed by atoms with Crippen LogP contribution in [0, 0.1) is 0 Å². The molecule has 118 valence electrons. The Morgan fingerprint density at radius 3 is 2.91 bits per heavy atom. The van der Waals surface area contributed by atoms with Crippen LogP contribution in [0.25, 0.3) is 11.5 Å². The second-order valence-corrected chi connectivity index (χ2v) is 5.88. The van der Waals surface area contributed by atoms with Crippen LogP contribution < -0.4 is 4.74 Å². The topological polar surface area (TPSA) is 61.0 Å². The van der Waals surface area contributed by atoms with Gasteiger partial charge in [0.2, 0.25) is 11.7 Å². The fourth-order valence-corrected chi connectivity index (χ4v) is 3.17. The maximum Gasteiger partial charge on any atom is 0.275 e. The molecule has 5 nitrogen and oxygen atoms in total. The minimum Gasteiger partial charge on any atom is -0.483 e. The molecule has 0 radical (unpaired) electrons. The molecule has 0 fully saturated rings. The van der Waals surface area contributed by atoms with Gasteiger partial charge >= 0.3 is 0 Å². The number of benzene rings is 1. The molecule has 2 aromatic heterocycles. The van der Waals surface area contributed by atoms with Crippen molar-refractivity contribution in [1.82, 2.24) is 15.1 Å². The van der Waals surface area contributed by atoms with Crippen molar-refractivity contribution in [3.05, 3.63) is 46.6 Å². The Morgan fingerprint density at radius 1 is 1.26 bits per heavy atom. The number of ether oxygens (including phenoxy) is 1. The molecule has 0 spiro atoms. The molecule has 0 bridgehead atoms. The molecule has 0 amide bonds. The molecule has 4 rings (SSSR count). The van der Waals surface area contributed by atoms with Crippen molar-refractivity contribution < 1.29 is 18.0 Å². The average molecular weight is 335 g/mol. The second kappa shape index (κ2) is 5.69. The first kappa shape index (κ1) is 14.3. The highest BCUT2D eigenvalue weighted by atomic mass is 32.1. The van der Waals surface area contributed by atoms with E-state index in [9.17, 15) is 8.78 Å². The Morgan fingerprint density at radius 2 is 2.13 bits per heavy atom. The lowest BCUT2D eigenvalue weighted by Crippen LogP contribution is -2.37. The van der Waals surface area contributed by atoms with Gasteiger partial charge in [0.05, 0.1) is 11.4 Å². The van der Waals surface area contributed by atoms with E-state index in [2.05, 4.69) is 15.1 Å². The van der Waals surface area contributed by atoms with Gasteiger partial charge in [-0.3, -0.25) is 0 Å². The first-order valence-corrected chi connectivity index (χ1v) is 7.91. The van der Waals surface area contributed by atoms with Crippen LogP contribution in [0.15, 0.2) is 39.7 Å². The quantitative estimate of drug-likeness (QED) is 0.732. The number of aromatic nitrogens is 3. The molecule has 1 aromatic carbocycles. The number of halogens is 2. The standard InChI is InChI=1S/C15H11F2N3O2S/c16-13(17)12-9(5-8-3-1-2-4-11(8)21-12)15-19-14(20-22-15)10-6-23-7-18-10/h1-4,6-7,9,12-13H,5H2/t9-,12-/m1/s1. The number of rotatable bonds is 3. The first-order valence-electron chi connectivity index (χ1n) is 6.97. The van der Waals surface area contributed by atoms with E-state index in [4.69, 9.17) is 9.26 Å². The highest BCUT2D eigenvalue weighted by Gasteiger charge is 2.40. The Hall–Kier alpha value is -2.35. The van der Waals surface area contributed by atoms with Crippen LogP contribution in [0.4, 0.5) is 8.78 Å². The molecular formula is C15H11F2N3O2S. The lowest BCUT2D eigenvalue weighted by Gasteiger charge is -2.30. The Balaban J connectivity index is 1.69. The van der Waals surface area contributed by atoms with E-state index in [1.54, 1.807) is 23.0 Å². The smallest absolute Gasteiger partial charge is 0.275 e. The minimum absolute atomic E-state index is 0.146. The van der Waals surface area contributed by atoms with Gasteiger partial charge in [-0.25, -0.2) is 13.8 Å². The third-order valence-electron chi connectivity index (χ3n) is 3.74. The monoisotopic (exact) mass is 335 g/mol. The van der Waals surface area contributed by atoms with Gasteiger partial charge in [-0.1, -0.05) is 23.4 Å². The zero-order chi connectivity index (χ0) is 15.8. The van der Waals surface area contributed by atoms with Gasteiger partial charge in [-0.2, -0.15) is 4.98 Å². The summed E-state index contributed by atoms with van der Waals surface area (Å²) >= 11 is 1.40. The number of nitrogens with zero attached hydrogens (tertiary/aromatic N) is 3. The van der Waals surface area contributed by atoms with Crippen molar-refractivity contribution in [3.8, 4) is 17.3 Å². The van der Waals surface area contributed by atoms with Gasteiger partial charge in [-0.15, -0.1) is 11.3 Å². The molecule has 3 aromatic rings. The summed E-state index contributed by atoms with van der Waals surface area (Å²) in [5.74, 6) is 0.235. The van der Waals surface area contributed by atoms with E-state index in [1.165, 1.54) is 11.3 Å². The van der Waals surface area contributed by atoms with Crippen molar-refractivity contribution in [2.45, 2.75) is 24.9 Å². The van der Waals surface area contributed by atoms with Crippen LogP contribution in [0.3, 0.4) is 0 Å². The Bertz CT molecular complexity index is 807. The summed E-state index contributed by atoms with van der Waals surface area (Å²) in [6, 6.07) is 7.14. The van der Waals surface area contributed by atoms with E-state index in [-0.39, 0.29) is 5.89 Å². The van der Waals surface area contributed by atoms with Crippen molar-refractivity contribution in [3.63, 3.8) is 0 Å². The molecular weight excluding hydrogens is 324 g/mol. The molecule has 2 atom stereocenters. The normalized spacial score (nSPS) is 20.3. The minimum atomic E-state index is -2.65. The van der Waals surface area contributed by atoms with Gasteiger partial charge in [0.1, 0.15) is 11.4 Å². The van der Waals surface area contributed by atoms with Crippen molar-refractivity contribution in [1.29, 1.82) is 0 Å². The molecule has 0 saturated heterocycles. The van der Waals surface area contributed by atoms with Crippen LogP contribution >= 0.6 is 11.3 Å². The third-order valence-corrected chi connectivity index (χ3v) is 4.33. The SMILES string of the molecule is FC(F)[C@@H]1Oc2ccccc2C[C@H]1c1nc(-c2cscn2)no1. The number of hydrogen-bond acceptors (Lipinski definition) is 6. The van der Waals surface area contributed by atoms with Crippen molar-refractivity contribution in [2.24, 2.45) is 0 Å². The zero-order valence-corrected chi connectivity index (χ0v) is 12.5. The number of alkyl halides is 2. The molecule has 3 heterocycles. The van der Waals surface area contributed by atoms with E-state index in [0.29, 0.717) is 23.7 Å². The molecule has 23 heavy (non-hydrogen) atoms. The molecule has 8 heteroatoms. The zero-order valence-electron chi connectivity index (χ0n) is 11.7. The summed E-state index contributed by atoms with van der Waals surface area (Å²) in [5, 5.41) is 5.61. The summed E-state index contributed by atoms with van der Waals surface area (Å²) in [6.07, 6.45) is -3.60. The van der Waals surface area contributed by atoms with Crippen molar-refractivity contribution >= 4 is 11.3 Å². The lowest BCUT2D eigenvalue weighted by molar-refractivity contribution is -0.0175. The molecule has 0 saturated carbocycles. The number of hydrogen-bond donors (Lipinski definition) is 0. The molecule has 0 unspecified atom stereocenters. The number of fused-ring (bicyclic) bond motifs is 1. The summed E-state index contributed by atoms with van der Waals surface area (Å²) in [4.78, 5) is 8.32. The van der Waals surface area contributed by atoms with Crippen molar-refractivity contribution in [2.75, 3.05) is 0 Å². The summed E-state index contributed by atoms with van der Waals surface area (Å²) in [7, 11) is 0. The largest absolute Gasteiger partial charge is 0.483 e. The van der Waals surface area contributed by atoms with E-state index in [1.807, 2.05) is 12.1 Å². The fourth-order valence-electron chi connectivity index (χ4n) is 2.64. The van der Waals surface area contributed by atoms with Crippen LogP contribution in [0.2, 0.25) is 0 Å². The lowest BCUT2D eigenvalue weighted by atomic mass is 9.90. The number of thiazole rings is 1. The predicted octanol–water partition coefficient (Wildman–Crippen LogP) is 3.55. The van der Waals surface area contributed by atoms with Gasteiger partial charge in [0.25, 0.3) is 6.43 Å². The Kier molecular flexibility index (Phi) is 3.53. The van der Waals surface area contributed by atoms with Crippen LogP contribution in [0.1, 0.15) is 17.4 Å². The third kappa shape index (κ3) is 2.59. The number of para-hydroxylation sites is 1. The summed E-state index contributed by atoms with van der Waals surface area (Å²) < 4.78 is 37.5. The second-order valence-electron chi connectivity index (χ2n) is 5.17. The van der Waals surface area contributed by atoms with Gasteiger partial charge in [0, 0.05) is 5.38 Å². The molecule has 1 aliphatic heterocycles. The van der Waals surface area contributed by atoms with E-state index in [0.717, 1.165) is 5.56 Å². The molecule has 1 aliphatic rings. The van der Waals surface area contributed by atoms with Crippen LogP contribution in [-0.2, 0) is 6.42 Å². The summed E-state index contributed by atoms with van der Waals surface area (Å²) in [6.45, 7) is 0. The highest BCUT2D eigenvalue weighted by Crippen LogP contribution is 2.38. The van der Waals surface area contributed by atoms with Gasteiger partial charge < -0.3 is 9.26 Å². The van der Waals surface area contributed by atoms with E-state index >= 15 is 0 Å². The van der Waals surface area contributed by atoms with Crippen LogP contribution in [-0.4, -0.2) is 27.7 Å².